The Kier molecular flexibility index (Phi) is 6.47. The van der Waals surface area contributed by atoms with Crippen LogP contribution in [0.3, 0.4) is 0 Å². The second-order valence-electron chi connectivity index (χ2n) is 7.81. The van der Waals surface area contributed by atoms with Gasteiger partial charge in [0.05, 0.1) is 19.4 Å². The third-order valence-corrected chi connectivity index (χ3v) is 5.58. The number of ether oxygens (including phenoxy) is 1. The first-order valence-corrected chi connectivity index (χ1v) is 10.6. The van der Waals surface area contributed by atoms with Gasteiger partial charge >= 0.3 is 5.97 Å². The molecule has 0 aliphatic carbocycles. The molecule has 0 radical (unpaired) electrons. The quantitative estimate of drug-likeness (QED) is 0.404. The van der Waals surface area contributed by atoms with Crippen molar-refractivity contribution in [1.29, 1.82) is 0 Å². The van der Waals surface area contributed by atoms with Crippen LogP contribution in [0.1, 0.15) is 45.9 Å². The molecule has 0 N–H and O–H groups in total. The van der Waals surface area contributed by atoms with E-state index in [0.29, 0.717) is 18.3 Å². The Labute approximate surface area is 175 Å². The van der Waals surface area contributed by atoms with E-state index in [1.165, 1.54) is 17.3 Å². The molecule has 3 rings (SSSR count). The van der Waals surface area contributed by atoms with Crippen molar-refractivity contribution < 1.29 is 13.9 Å². The van der Waals surface area contributed by atoms with E-state index in [9.17, 15) is 4.79 Å². The van der Waals surface area contributed by atoms with E-state index in [2.05, 4.69) is 55.2 Å². The van der Waals surface area contributed by atoms with Crippen molar-refractivity contribution in [3.8, 4) is 11.4 Å². The van der Waals surface area contributed by atoms with E-state index in [-0.39, 0.29) is 16.6 Å². The standard InChI is InChI=1S/C22H27N3O3S/c1-6-27-20(26)15(2)29-21-24-23-19(25(21)14-18-8-7-13-28-18)16-9-11-17(12-10-16)22(3,4)5/h7-13,15H,6,14H2,1-5H3. The second kappa shape index (κ2) is 8.86. The highest BCUT2D eigenvalue weighted by Gasteiger charge is 2.22. The fourth-order valence-electron chi connectivity index (χ4n) is 2.88. The molecule has 1 aromatic carbocycles. The Hall–Kier alpha value is -2.54. The van der Waals surface area contributed by atoms with Crippen LogP contribution in [-0.2, 0) is 21.5 Å². The van der Waals surface area contributed by atoms with E-state index in [0.717, 1.165) is 17.1 Å². The molecule has 1 unspecified atom stereocenters. The number of furan rings is 1. The fourth-order valence-corrected chi connectivity index (χ4v) is 3.72. The largest absolute Gasteiger partial charge is 0.467 e. The minimum atomic E-state index is -0.384. The minimum absolute atomic E-state index is 0.0798. The van der Waals surface area contributed by atoms with E-state index < -0.39 is 0 Å². The van der Waals surface area contributed by atoms with Gasteiger partial charge in [0.15, 0.2) is 11.0 Å². The van der Waals surface area contributed by atoms with Crippen molar-refractivity contribution in [3.63, 3.8) is 0 Å². The first kappa shape index (κ1) is 21.2. The summed E-state index contributed by atoms with van der Waals surface area (Å²) in [5.74, 6) is 1.27. The van der Waals surface area contributed by atoms with Gasteiger partial charge < -0.3 is 9.15 Å². The first-order chi connectivity index (χ1) is 13.8. The van der Waals surface area contributed by atoms with Gasteiger partial charge in [0.1, 0.15) is 11.0 Å². The highest BCUT2D eigenvalue weighted by molar-refractivity contribution is 8.00. The molecule has 2 heterocycles. The number of aromatic nitrogens is 3. The van der Waals surface area contributed by atoms with Crippen molar-refractivity contribution in [2.75, 3.05) is 6.61 Å². The Morgan fingerprint density at radius 1 is 1.21 bits per heavy atom. The molecule has 0 aliphatic heterocycles. The predicted octanol–water partition coefficient (Wildman–Crippen LogP) is 4.93. The third kappa shape index (κ3) is 5.09. The summed E-state index contributed by atoms with van der Waals surface area (Å²) < 4.78 is 12.6. The molecule has 0 saturated carbocycles. The lowest BCUT2D eigenvalue weighted by Gasteiger charge is -2.19. The average Bonchev–Trinajstić information content (AvgIpc) is 3.32. The zero-order valence-electron chi connectivity index (χ0n) is 17.5. The Bertz CT molecular complexity index is 941. The summed E-state index contributed by atoms with van der Waals surface area (Å²) in [4.78, 5) is 12.1. The maximum absolute atomic E-state index is 12.1. The maximum Gasteiger partial charge on any atom is 0.319 e. The van der Waals surface area contributed by atoms with Crippen LogP contribution in [0.5, 0.6) is 0 Å². The number of nitrogens with zero attached hydrogens (tertiary/aromatic N) is 3. The van der Waals surface area contributed by atoms with Gasteiger partial charge in [-0.1, -0.05) is 56.8 Å². The molecule has 2 aromatic heterocycles. The van der Waals surface area contributed by atoms with Crippen molar-refractivity contribution in [3.05, 3.63) is 54.0 Å². The molecule has 7 heteroatoms. The van der Waals surface area contributed by atoms with Gasteiger partial charge in [-0.3, -0.25) is 9.36 Å². The van der Waals surface area contributed by atoms with Crippen molar-refractivity contribution in [2.45, 2.75) is 57.0 Å². The third-order valence-electron chi connectivity index (χ3n) is 4.52. The van der Waals surface area contributed by atoms with E-state index in [1.54, 1.807) is 13.2 Å². The summed E-state index contributed by atoms with van der Waals surface area (Å²) >= 11 is 1.34. The normalized spacial score (nSPS) is 12.7. The minimum Gasteiger partial charge on any atom is -0.467 e. The zero-order valence-corrected chi connectivity index (χ0v) is 18.3. The van der Waals surface area contributed by atoms with Gasteiger partial charge in [-0.05, 0) is 37.0 Å². The van der Waals surface area contributed by atoms with Crippen LogP contribution in [0, 0.1) is 0 Å². The van der Waals surface area contributed by atoms with E-state index >= 15 is 0 Å². The number of esters is 1. The van der Waals surface area contributed by atoms with Crippen LogP contribution in [-0.4, -0.2) is 32.6 Å². The number of hydrogen-bond acceptors (Lipinski definition) is 6. The molecule has 3 aromatic rings. The lowest BCUT2D eigenvalue weighted by molar-refractivity contribution is -0.142. The molecule has 154 valence electrons. The number of rotatable bonds is 7. The molecule has 0 bridgehead atoms. The fraction of sp³-hybridized carbons (Fsp3) is 0.409. The number of thioether (sulfide) groups is 1. The van der Waals surface area contributed by atoms with Crippen LogP contribution < -0.4 is 0 Å². The second-order valence-corrected chi connectivity index (χ2v) is 9.12. The molecule has 1 atom stereocenters. The van der Waals surface area contributed by atoms with Crippen LogP contribution in [0.2, 0.25) is 0 Å². The Morgan fingerprint density at radius 3 is 2.52 bits per heavy atom. The summed E-state index contributed by atoms with van der Waals surface area (Å²) in [5.41, 5.74) is 2.30. The van der Waals surface area contributed by atoms with Crippen molar-refractivity contribution in [2.24, 2.45) is 0 Å². The summed E-state index contributed by atoms with van der Waals surface area (Å²) in [6.07, 6.45) is 1.64. The van der Waals surface area contributed by atoms with Crippen LogP contribution in [0.25, 0.3) is 11.4 Å². The summed E-state index contributed by atoms with van der Waals surface area (Å²) in [6, 6.07) is 12.1. The molecule has 29 heavy (non-hydrogen) atoms. The molecule has 0 amide bonds. The van der Waals surface area contributed by atoms with Gasteiger partial charge in [-0.25, -0.2) is 0 Å². The molecule has 0 aliphatic rings. The number of hydrogen-bond donors (Lipinski definition) is 0. The zero-order chi connectivity index (χ0) is 21.0. The number of carbonyl (C=O) groups excluding carboxylic acids is 1. The van der Waals surface area contributed by atoms with Crippen molar-refractivity contribution >= 4 is 17.7 Å². The van der Waals surface area contributed by atoms with Gasteiger partial charge in [-0.15, -0.1) is 10.2 Å². The lowest BCUT2D eigenvalue weighted by Crippen LogP contribution is -2.17. The van der Waals surface area contributed by atoms with Crippen LogP contribution >= 0.6 is 11.8 Å². The molecule has 0 spiro atoms. The Balaban J connectivity index is 1.94. The molecule has 6 nitrogen and oxygen atoms in total. The molecular weight excluding hydrogens is 386 g/mol. The topological polar surface area (TPSA) is 70.2 Å². The van der Waals surface area contributed by atoms with E-state index in [1.807, 2.05) is 23.6 Å². The lowest BCUT2D eigenvalue weighted by atomic mass is 9.87. The Morgan fingerprint density at radius 2 is 1.93 bits per heavy atom. The van der Waals surface area contributed by atoms with Crippen LogP contribution in [0.15, 0.2) is 52.2 Å². The SMILES string of the molecule is CCOC(=O)C(C)Sc1nnc(-c2ccc(C(C)(C)C)cc2)n1Cc1ccco1. The highest BCUT2D eigenvalue weighted by Crippen LogP contribution is 2.30. The average molecular weight is 414 g/mol. The molecule has 0 saturated heterocycles. The number of carbonyl (C=O) groups is 1. The molecule has 0 fully saturated rings. The predicted molar refractivity (Wildman–Crippen MR) is 114 cm³/mol. The van der Waals surface area contributed by atoms with Gasteiger partial charge in [0, 0.05) is 5.56 Å². The van der Waals surface area contributed by atoms with Crippen molar-refractivity contribution in [1.82, 2.24) is 14.8 Å². The summed E-state index contributed by atoms with van der Waals surface area (Å²) in [6.45, 7) is 11.0. The summed E-state index contributed by atoms with van der Waals surface area (Å²) in [5, 5.41) is 9.03. The maximum atomic E-state index is 12.1. The summed E-state index contributed by atoms with van der Waals surface area (Å²) in [7, 11) is 0. The number of benzene rings is 1. The van der Waals surface area contributed by atoms with Gasteiger partial charge in [-0.2, -0.15) is 0 Å². The highest BCUT2D eigenvalue weighted by atomic mass is 32.2. The van der Waals surface area contributed by atoms with Crippen LogP contribution in [0.4, 0.5) is 0 Å². The first-order valence-electron chi connectivity index (χ1n) is 9.69. The van der Waals surface area contributed by atoms with E-state index in [4.69, 9.17) is 9.15 Å². The van der Waals surface area contributed by atoms with Gasteiger partial charge in [0.2, 0.25) is 0 Å². The smallest absolute Gasteiger partial charge is 0.319 e. The van der Waals surface area contributed by atoms with Gasteiger partial charge in [0.25, 0.3) is 0 Å². The molecular formula is C22H27N3O3S. The monoisotopic (exact) mass is 413 g/mol.